The van der Waals surface area contributed by atoms with E-state index >= 15 is 0 Å². The number of benzene rings is 1. The van der Waals surface area contributed by atoms with Crippen LogP contribution in [0.15, 0.2) is 36.7 Å². The second-order valence-electron chi connectivity index (χ2n) is 9.88. The van der Waals surface area contributed by atoms with E-state index in [1.807, 2.05) is 37.5 Å². The predicted octanol–water partition coefficient (Wildman–Crippen LogP) is 5.32. The second kappa shape index (κ2) is 10.1. The van der Waals surface area contributed by atoms with E-state index in [2.05, 4.69) is 37.1 Å². The highest BCUT2D eigenvalue weighted by molar-refractivity contribution is 5.83. The molecule has 1 atom stereocenters. The molecule has 8 nitrogen and oxygen atoms in total. The van der Waals surface area contributed by atoms with Crippen molar-refractivity contribution >= 4 is 22.8 Å². The summed E-state index contributed by atoms with van der Waals surface area (Å²) < 4.78 is 31.7. The van der Waals surface area contributed by atoms with Crippen LogP contribution in [0, 0.1) is 18.6 Å². The van der Waals surface area contributed by atoms with Gasteiger partial charge < -0.3 is 15.0 Å². The predicted molar refractivity (Wildman–Crippen MR) is 139 cm³/mol. The molecule has 3 aromatic heterocycles. The molecule has 0 radical (unpaired) electrons. The number of rotatable bonds is 6. The third kappa shape index (κ3) is 5.03. The lowest BCUT2D eigenvalue weighted by Gasteiger charge is -2.34. The first kappa shape index (κ1) is 25.2. The Hall–Kier alpha value is -3.50. The lowest BCUT2D eigenvalue weighted by atomic mass is 10.0. The summed E-state index contributed by atoms with van der Waals surface area (Å²) in [6.45, 7) is 9.61. The number of hydrogen-bond donors (Lipinski definition) is 2. The van der Waals surface area contributed by atoms with Crippen molar-refractivity contribution in [1.82, 2.24) is 29.4 Å². The molecule has 0 aliphatic carbocycles. The number of piperidine rings is 1. The number of pyridine rings is 1. The number of nitrogens with zero attached hydrogens (tertiary/aromatic N) is 6. The molecule has 194 valence electrons. The summed E-state index contributed by atoms with van der Waals surface area (Å²) in [4.78, 5) is 19.5. The van der Waals surface area contributed by atoms with Crippen molar-refractivity contribution in [1.29, 1.82) is 0 Å². The quantitative estimate of drug-likeness (QED) is 0.365. The summed E-state index contributed by atoms with van der Waals surface area (Å²) in [5.41, 5.74) is 2.19. The summed E-state index contributed by atoms with van der Waals surface area (Å²) in [5.74, 6) is 0.173. The molecule has 0 spiro atoms. The molecule has 1 aromatic carbocycles. The fraction of sp³-hybridized carbons (Fsp3) is 0.407. The maximum Gasteiger partial charge on any atom is 0.229 e. The molecule has 4 heterocycles. The van der Waals surface area contributed by atoms with Crippen molar-refractivity contribution in [3.63, 3.8) is 0 Å². The number of fused-ring (bicyclic) bond motifs is 1. The molecule has 1 aliphatic heterocycles. The molecule has 37 heavy (non-hydrogen) atoms. The number of likely N-dealkylation sites (tertiary alicyclic amines) is 1. The molecule has 0 saturated carbocycles. The van der Waals surface area contributed by atoms with Crippen LogP contribution in [-0.2, 0) is 0 Å². The van der Waals surface area contributed by atoms with E-state index in [4.69, 9.17) is 0 Å². The van der Waals surface area contributed by atoms with Gasteiger partial charge in [-0.2, -0.15) is 0 Å². The highest BCUT2D eigenvalue weighted by atomic mass is 19.1. The molecule has 0 unspecified atom stereocenters. The third-order valence-corrected chi connectivity index (χ3v) is 7.01. The van der Waals surface area contributed by atoms with E-state index in [0.29, 0.717) is 22.7 Å². The van der Waals surface area contributed by atoms with Gasteiger partial charge in [-0.15, -0.1) is 0 Å². The molecule has 10 heteroatoms. The zero-order valence-corrected chi connectivity index (χ0v) is 21.4. The molecular weight excluding hydrogens is 476 g/mol. The zero-order chi connectivity index (χ0) is 26.3. The largest absolute Gasteiger partial charge is 0.393 e. The van der Waals surface area contributed by atoms with Crippen molar-refractivity contribution in [2.24, 2.45) is 0 Å². The van der Waals surface area contributed by atoms with Gasteiger partial charge in [0.1, 0.15) is 22.9 Å². The van der Waals surface area contributed by atoms with Gasteiger partial charge in [0.25, 0.3) is 0 Å². The highest BCUT2D eigenvalue weighted by Gasteiger charge is 2.23. The van der Waals surface area contributed by atoms with E-state index in [1.54, 1.807) is 12.3 Å². The Balaban J connectivity index is 1.39. The van der Waals surface area contributed by atoms with Crippen LogP contribution in [0.4, 0.5) is 20.5 Å². The van der Waals surface area contributed by atoms with Crippen molar-refractivity contribution in [2.75, 3.05) is 18.4 Å². The maximum atomic E-state index is 14.9. The first-order valence-electron chi connectivity index (χ1n) is 12.6. The van der Waals surface area contributed by atoms with E-state index < -0.39 is 11.6 Å². The molecule has 5 rings (SSSR count). The summed E-state index contributed by atoms with van der Waals surface area (Å²) in [5, 5.41) is 12.8. The number of aliphatic hydroxyl groups is 1. The Kier molecular flexibility index (Phi) is 6.87. The minimum Gasteiger partial charge on any atom is -0.393 e. The number of aromatic nitrogens is 5. The molecule has 1 aliphatic rings. The SMILES string of the molecule is Cc1nc2c(F)cc(-c3nc(Nc4ccc([C@@H](C)N5CCC(O)CC5)cn4)ncc3F)cc2n1C(C)C. The van der Waals surface area contributed by atoms with Gasteiger partial charge in [0, 0.05) is 36.9 Å². The third-order valence-electron chi connectivity index (χ3n) is 7.01. The summed E-state index contributed by atoms with van der Waals surface area (Å²) >= 11 is 0. The number of aryl methyl sites for hydroxylation is 1. The van der Waals surface area contributed by atoms with Gasteiger partial charge in [0.2, 0.25) is 5.95 Å². The molecule has 1 fully saturated rings. The fourth-order valence-corrected chi connectivity index (χ4v) is 5.01. The maximum absolute atomic E-state index is 14.9. The van der Waals surface area contributed by atoms with E-state index in [9.17, 15) is 13.9 Å². The van der Waals surface area contributed by atoms with E-state index in [-0.39, 0.29) is 35.3 Å². The average molecular weight is 508 g/mol. The minimum atomic E-state index is -0.652. The van der Waals surface area contributed by atoms with Gasteiger partial charge in [-0.05, 0) is 64.3 Å². The van der Waals surface area contributed by atoms with Crippen LogP contribution in [0.2, 0.25) is 0 Å². The van der Waals surface area contributed by atoms with Crippen LogP contribution in [-0.4, -0.2) is 53.7 Å². The molecule has 1 saturated heterocycles. The Morgan fingerprint density at radius 3 is 2.43 bits per heavy atom. The van der Waals surface area contributed by atoms with Gasteiger partial charge in [0.05, 0.1) is 17.8 Å². The van der Waals surface area contributed by atoms with Crippen LogP contribution < -0.4 is 5.32 Å². The monoisotopic (exact) mass is 507 g/mol. The number of halogens is 2. The first-order valence-corrected chi connectivity index (χ1v) is 12.6. The van der Waals surface area contributed by atoms with Crippen molar-refractivity contribution in [3.05, 3.63) is 59.7 Å². The van der Waals surface area contributed by atoms with Crippen molar-refractivity contribution in [3.8, 4) is 11.3 Å². The Labute approximate surface area is 214 Å². The molecule has 2 N–H and O–H groups in total. The second-order valence-corrected chi connectivity index (χ2v) is 9.88. The van der Waals surface area contributed by atoms with Gasteiger partial charge in [-0.1, -0.05) is 6.07 Å². The van der Waals surface area contributed by atoms with Crippen LogP contribution in [0.3, 0.4) is 0 Å². The van der Waals surface area contributed by atoms with Crippen molar-refractivity contribution < 1.29 is 13.9 Å². The minimum absolute atomic E-state index is 0.00927. The van der Waals surface area contributed by atoms with Crippen LogP contribution in [0.5, 0.6) is 0 Å². The molecule has 4 aromatic rings. The zero-order valence-electron chi connectivity index (χ0n) is 21.4. The lowest BCUT2D eigenvalue weighted by Crippen LogP contribution is -2.37. The smallest absolute Gasteiger partial charge is 0.229 e. The number of anilines is 2. The van der Waals surface area contributed by atoms with Gasteiger partial charge in [-0.3, -0.25) is 4.90 Å². The summed E-state index contributed by atoms with van der Waals surface area (Å²) in [6.07, 6.45) is 4.20. The summed E-state index contributed by atoms with van der Waals surface area (Å²) in [6, 6.07) is 7.01. The Morgan fingerprint density at radius 1 is 1.00 bits per heavy atom. The van der Waals surface area contributed by atoms with Gasteiger partial charge in [0.15, 0.2) is 11.6 Å². The topological polar surface area (TPSA) is 92.0 Å². The highest BCUT2D eigenvalue weighted by Crippen LogP contribution is 2.31. The fourth-order valence-electron chi connectivity index (χ4n) is 5.01. The standard InChI is InChI=1S/C27H31F2N7O/c1-15(2)36-17(4)32-26-21(28)11-19(12-23(26)36)25-22(29)14-31-27(34-25)33-24-6-5-18(13-30-24)16(3)35-9-7-20(37)8-10-35/h5-6,11-16,20,37H,7-10H2,1-4H3,(H,30,31,33,34)/t16-/m1/s1. The molecular formula is C27H31F2N7O. The molecule has 0 bridgehead atoms. The summed E-state index contributed by atoms with van der Waals surface area (Å²) in [7, 11) is 0. The average Bonchev–Trinajstić information content (AvgIpc) is 3.22. The Bertz CT molecular complexity index is 1410. The molecule has 0 amide bonds. The number of nitrogens with one attached hydrogen (secondary N) is 1. The van der Waals surface area contributed by atoms with E-state index in [1.165, 1.54) is 6.07 Å². The normalized spacial score (nSPS) is 16.0. The lowest BCUT2D eigenvalue weighted by molar-refractivity contribution is 0.0644. The number of aliphatic hydroxyl groups excluding tert-OH is 1. The van der Waals surface area contributed by atoms with Crippen LogP contribution >= 0.6 is 0 Å². The van der Waals surface area contributed by atoms with Crippen molar-refractivity contribution in [2.45, 2.75) is 58.7 Å². The first-order chi connectivity index (χ1) is 17.7. The Morgan fingerprint density at radius 2 is 1.76 bits per heavy atom. The van der Waals surface area contributed by atoms with E-state index in [0.717, 1.165) is 37.7 Å². The number of imidazole rings is 1. The van der Waals surface area contributed by atoms with Gasteiger partial charge >= 0.3 is 0 Å². The number of hydrogen-bond acceptors (Lipinski definition) is 7. The van der Waals surface area contributed by atoms with Crippen LogP contribution in [0.25, 0.3) is 22.3 Å². The van der Waals surface area contributed by atoms with Crippen LogP contribution in [0.1, 0.15) is 57.1 Å². The van der Waals surface area contributed by atoms with Gasteiger partial charge in [-0.25, -0.2) is 28.7 Å².